The van der Waals surface area contributed by atoms with Gasteiger partial charge >= 0.3 is 0 Å². The predicted molar refractivity (Wildman–Crippen MR) is 68.0 cm³/mol. The fraction of sp³-hybridized carbons (Fsp3) is 1.00. The summed E-state index contributed by atoms with van der Waals surface area (Å²) < 4.78 is 5.95. The van der Waals surface area contributed by atoms with Crippen molar-refractivity contribution in [3.8, 4) is 0 Å². The molecular formula is C13H25N3O. The van der Waals surface area contributed by atoms with Crippen molar-refractivity contribution in [1.82, 2.24) is 15.1 Å². The van der Waals surface area contributed by atoms with E-state index in [1.165, 1.54) is 51.9 Å². The number of likely N-dealkylation sites (tertiary alicyclic amines) is 1. The predicted octanol–water partition coefficient (Wildman–Crippen LogP) is 0.493. The smallest absolute Gasteiger partial charge is 0.123 e. The van der Waals surface area contributed by atoms with Crippen LogP contribution in [0.5, 0.6) is 0 Å². The Hall–Kier alpha value is -0.160. The minimum atomic E-state index is 0.376. The van der Waals surface area contributed by atoms with Crippen LogP contribution in [-0.4, -0.2) is 67.9 Å². The Morgan fingerprint density at radius 2 is 1.71 bits per heavy atom. The van der Waals surface area contributed by atoms with E-state index in [0.717, 1.165) is 25.7 Å². The fourth-order valence-electron chi connectivity index (χ4n) is 3.40. The van der Waals surface area contributed by atoms with Gasteiger partial charge in [0.25, 0.3) is 0 Å². The van der Waals surface area contributed by atoms with Crippen LogP contribution in [0.15, 0.2) is 0 Å². The third-order valence-electron chi connectivity index (χ3n) is 4.45. The number of nitrogens with one attached hydrogen (secondary N) is 1. The lowest BCUT2D eigenvalue weighted by Crippen LogP contribution is -2.55. The first kappa shape index (κ1) is 11.9. The summed E-state index contributed by atoms with van der Waals surface area (Å²) >= 11 is 0. The van der Waals surface area contributed by atoms with Gasteiger partial charge in [-0.25, -0.2) is 0 Å². The van der Waals surface area contributed by atoms with E-state index in [-0.39, 0.29) is 0 Å². The van der Waals surface area contributed by atoms with E-state index >= 15 is 0 Å². The SMILES string of the molecule is C1CCN(C2CN(C3CCNCC3)CCO2)C1. The Bertz CT molecular complexity index is 237. The highest BCUT2D eigenvalue weighted by molar-refractivity contribution is 4.83. The van der Waals surface area contributed by atoms with Gasteiger partial charge in [0.1, 0.15) is 6.23 Å². The van der Waals surface area contributed by atoms with E-state index in [1.54, 1.807) is 0 Å². The van der Waals surface area contributed by atoms with Gasteiger partial charge in [0.2, 0.25) is 0 Å². The van der Waals surface area contributed by atoms with E-state index in [2.05, 4.69) is 15.1 Å². The molecule has 3 rings (SSSR count). The van der Waals surface area contributed by atoms with Gasteiger partial charge in [-0.2, -0.15) is 0 Å². The summed E-state index contributed by atoms with van der Waals surface area (Å²) in [5, 5.41) is 3.45. The average Bonchev–Trinajstić information content (AvgIpc) is 2.94. The maximum absolute atomic E-state index is 5.95. The van der Waals surface area contributed by atoms with E-state index in [0.29, 0.717) is 6.23 Å². The first-order chi connectivity index (χ1) is 8.43. The normalized spacial score (nSPS) is 34.2. The molecule has 3 aliphatic heterocycles. The zero-order chi connectivity index (χ0) is 11.5. The lowest BCUT2D eigenvalue weighted by molar-refractivity contribution is -0.115. The second-order valence-electron chi connectivity index (χ2n) is 5.54. The van der Waals surface area contributed by atoms with Crippen LogP contribution in [0.25, 0.3) is 0 Å². The highest BCUT2D eigenvalue weighted by Crippen LogP contribution is 2.20. The number of morpholine rings is 1. The summed E-state index contributed by atoms with van der Waals surface area (Å²) in [7, 11) is 0. The first-order valence-electron chi connectivity index (χ1n) is 7.24. The molecule has 3 saturated heterocycles. The van der Waals surface area contributed by atoms with Crippen LogP contribution in [0.1, 0.15) is 25.7 Å². The van der Waals surface area contributed by atoms with Gasteiger partial charge < -0.3 is 10.1 Å². The van der Waals surface area contributed by atoms with Crippen molar-refractivity contribution >= 4 is 0 Å². The van der Waals surface area contributed by atoms with Crippen LogP contribution < -0.4 is 5.32 Å². The molecule has 0 saturated carbocycles. The van der Waals surface area contributed by atoms with Crippen molar-refractivity contribution in [2.45, 2.75) is 38.0 Å². The molecule has 0 bridgehead atoms. The van der Waals surface area contributed by atoms with Crippen LogP contribution >= 0.6 is 0 Å². The van der Waals surface area contributed by atoms with Crippen molar-refractivity contribution in [1.29, 1.82) is 0 Å². The Labute approximate surface area is 104 Å². The first-order valence-corrected chi connectivity index (χ1v) is 7.24. The second kappa shape index (κ2) is 5.65. The molecule has 1 N–H and O–H groups in total. The van der Waals surface area contributed by atoms with E-state index in [9.17, 15) is 0 Å². The molecule has 17 heavy (non-hydrogen) atoms. The van der Waals surface area contributed by atoms with Gasteiger partial charge in [-0.05, 0) is 38.8 Å². The van der Waals surface area contributed by atoms with Crippen molar-refractivity contribution in [3.63, 3.8) is 0 Å². The molecule has 0 radical (unpaired) electrons. The molecule has 0 aromatic rings. The van der Waals surface area contributed by atoms with Crippen molar-refractivity contribution in [2.24, 2.45) is 0 Å². The molecule has 0 aliphatic carbocycles. The number of nitrogens with zero attached hydrogens (tertiary/aromatic N) is 2. The average molecular weight is 239 g/mol. The summed E-state index contributed by atoms with van der Waals surface area (Å²) in [6.07, 6.45) is 5.71. The number of hydrogen-bond acceptors (Lipinski definition) is 4. The van der Waals surface area contributed by atoms with Gasteiger partial charge in [-0.15, -0.1) is 0 Å². The summed E-state index contributed by atoms with van der Waals surface area (Å²) in [4.78, 5) is 5.21. The van der Waals surface area contributed by atoms with Gasteiger partial charge in [0, 0.05) is 32.2 Å². The molecule has 4 heteroatoms. The zero-order valence-corrected chi connectivity index (χ0v) is 10.7. The monoisotopic (exact) mass is 239 g/mol. The third kappa shape index (κ3) is 2.81. The largest absolute Gasteiger partial charge is 0.360 e. The van der Waals surface area contributed by atoms with E-state index in [4.69, 9.17) is 4.74 Å². The van der Waals surface area contributed by atoms with Crippen LogP contribution in [0, 0.1) is 0 Å². The minimum Gasteiger partial charge on any atom is -0.360 e. The van der Waals surface area contributed by atoms with Crippen LogP contribution in [0.3, 0.4) is 0 Å². The summed E-state index contributed by atoms with van der Waals surface area (Å²) in [5.74, 6) is 0. The molecular weight excluding hydrogens is 214 g/mol. The Morgan fingerprint density at radius 1 is 0.941 bits per heavy atom. The van der Waals surface area contributed by atoms with E-state index in [1.807, 2.05) is 0 Å². The Morgan fingerprint density at radius 3 is 2.47 bits per heavy atom. The van der Waals surface area contributed by atoms with Crippen molar-refractivity contribution in [3.05, 3.63) is 0 Å². The molecule has 0 aromatic carbocycles. The molecule has 98 valence electrons. The lowest BCUT2D eigenvalue weighted by atomic mass is 10.0. The molecule has 3 aliphatic rings. The fourth-order valence-corrected chi connectivity index (χ4v) is 3.40. The van der Waals surface area contributed by atoms with E-state index < -0.39 is 0 Å². The molecule has 4 nitrogen and oxygen atoms in total. The number of piperidine rings is 1. The summed E-state index contributed by atoms with van der Waals surface area (Å²) in [5.41, 5.74) is 0. The van der Waals surface area contributed by atoms with Crippen LogP contribution in [0.2, 0.25) is 0 Å². The van der Waals surface area contributed by atoms with Gasteiger partial charge in [-0.1, -0.05) is 0 Å². The number of ether oxygens (including phenoxy) is 1. The molecule has 0 spiro atoms. The Balaban J connectivity index is 1.54. The molecule has 0 amide bonds. The molecule has 3 heterocycles. The lowest BCUT2D eigenvalue weighted by Gasteiger charge is -2.42. The van der Waals surface area contributed by atoms with Gasteiger partial charge in [0.15, 0.2) is 0 Å². The topological polar surface area (TPSA) is 27.7 Å². The zero-order valence-electron chi connectivity index (χ0n) is 10.7. The third-order valence-corrected chi connectivity index (χ3v) is 4.45. The summed E-state index contributed by atoms with van der Waals surface area (Å²) in [6.45, 7) is 8.05. The highest BCUT2D eigenvalue weighted by atomic mass is 16.5. The van der Waals surface area contributed by atoms with Crippen LogP contribution in [-0.2, 0) is 4.74 Å². The quantitative estimate of drug-likeness (QED) is 0.759. The standard InChI is InChI=1S/C13H25N3O/c1-2-8-15(7-1)13-11-16(9-10-17-13)12-3-5-14-6-4-12/h12-14H,1-11H2. The number of hydrogen-bond donors (Lipinski definition) is 1. The molecule has 1 unspecified atom stereocenters. The second-order valence-corrected chi connectivity index (χ2v) is 5.54. The van der Waals surface area contributed by atoms with Gasteiger partial charge in [0.05, 0.1) is 6.61 Å². The molecule has 3 fully saturated rings. The maximum atomic E-state index is 5.95. The molecule has 1 atom stereocenters. The molecule has 0 aromatic heterocycles. The van der Waals surface area contributed by atoms with Gasteiger partial charge in [-0.3, -0.25) is 9.80 Å². The Kier molecular flexibility index (Phi) is 3.96. The summed E-state index contributed by atoms with van der Waals surface area (Å²) in [6, 6.07) is 0.797. The van der Waals surface area contributed by atoms with Crippen molar-refractivity contribution < 1.29 is 4.74 Å². The van der Waals surface area contributed by atoms with Crippen LogP contribution in [0.4, 0.5) is 0 Å². The minimum absolute atomic E-state index is 0.376. The highest BCUT2D eigenvalue weighted by Gasteiger charge is 2.31. The van der Waals surface area contributed by atoms with Crippen molar-refractivity contribution in [2.75, 3.05) is 45.9 Å². The number of rotatable bonds is 2. The maximum Gasteiger partial charge on any atom is 0.123 e.